The summed E-state index contributed by atoms with van der Waals surface area (Å²) in [7, 11) is 0. The van der Waals surface area contributed by atoms with Crippen molar-refractivity contribution in [3.8, 4) is 17.2 Å². The Morgan fingerprint density at radius 3 is 2.44 bits per heavy atom. The summed E-state index contributed by atoms with van der Waals surface area (Å²) in [5.41, 5.74) is 3.39. The molecule has 172 valence electrons. The number of benzene rings is 2. The highest BCUT2D eigenvalue weighted by molar-refractivity contribution is 5.71. The number of rotatable bonds is 8. The summed E-state index contributed by atoms with van der Waals surface area (Å²) in [6, 6.07) is 6.02. The van der Waals surface area contributed by atoms with Crippen LogP contribution in [0.15, 0.2) is 24.3 Å². The highest BCUT2D eigenvalue weighted by Crippen LogP contribution is 2.44. The summed E-state index contributed by atoms with van der Waals surface area (Å²) in [6.45, 7) is 10.2. The van der Waals surface area contributed by atoms with Gasteiger partial charge >= 0.3 is 5.97 Å². The minimum Gasteiger partial charge on any atom is -0.489 e. The molecule has 0 bridgehead atoms. The summed E-state index contributed by atoms with van der Waals surface area (Å²) >= 11 is 0. The third-order valence-electron chi connectivity index (χ3n) is 5.79. The summed E-state index contributed by atoms with van der Waals surface area (Å²) < 4.78 is 23.1. The van der Waals surface area contributed by atoms with Gasteiger partial charge in [0, 0.05) is 17.7 Å². The number of hydrogen-bond acceptors (Lipinski definition) is 7. The van der Waals surface area contributed by atoms with Crippen LogP contribution in [0.5, 0.6) is 17.2 Å². The maximum absolute atomic E-state index is 11.7. The van der Waals surface area contributed by atoms with Gasteiger partial charge < -0.3 is 18.9 Å². The highest BCUT2D eigenvalue weighted by atomic mass is 16.6. The lowest BCUT2D eigenvalue weighted by Crippen LogP contribution is -2.42. The number of fused-ring (bicyclic) bond motifs is 1. The van der Waals surface area contributed by atoms with Gasteiger partial charge in [-0.2, -0.15) is 0 Å². The normalized spacial score (nSPS) is 17.2. The van der Waals surface area contributed by atoms with E-state index in [9.17, 15) is 14.9 Å². The van der Waals surface area contributed by atoms with E-state index in [0.29, 0.717) is 24.7 Å². The molecule has 1 aliphatic heterocycles. The average molecular weight is 443 g/mol. The third-order valence-corrected chi connectivity index (χ3v) is 5.79. The zero-order valence-electron chi connectivity index (χ0n) is 19.1. The highest BCUT2D eigenvalue weighted by Gasteiger charge is 2.35. The van der Waals surface area contributed by atoms with Crippen LogP contribution in [0.25, 0.3) is 0 Å². The molecule has 2 aromatic carbocycles. The van der Waals surface area contributed by atoms with Crippen LogP contribution in [0.3, 0.4) is 0 Å². The van der Waals surface area contributed by atoms with Crippen molar-refractivity contribution in [2.24, 2.45) is 0 Å². The van der Waals surface area contributed by atoms with Crippen molar-refractivity contribution in [1.82, 2.24) is 0 Å². The van der Waals surface area contributed by atoms with Crippen molar-refractivity contribution in [3.05, 3.63) is 56.6 Å². The Bertz CT molecular complexity index is 1020. The number of hydrogen-bond donors (Lipinski definition) is 0. The predicted molar refractivity (Wildman–Crippen MR) is 119 cm³/mol. The van der Waals surface area contributed by atoms with Gasteiger partial charge in [-0.3, -0.25) is 10.1 Å². The van der Waals surface area contributed by atoms with Gasteiger partial charge in [0.15, 0.2) is 6.61 Å². The number of ether oxygens (including phenoxy) is 4. The number of esters is 1. The fourth-order valence-electron chi connectivity index (χ4n) is 3.83. The zero-order chi connectivity index (χ0) is 23.5. The fraction of sp³-hybridized carbons (Fsp3) is 0.458. The first-order valence-electron chi connectivity index (χ1n) is 10.6. The summed E-state index contributed by atoms with van der Waals surface area (Å²) in [5, 5.41) is 10.8. The summed E-state index contributed by atoms with van der Waals surface area (Å²) in [5.74, 6) is 1.68. The lowest BCUT2D eigenvalue weighted by atomic mass is 9.87. The average Bonchev–Trinajstić information content (AvgIpc) is 2.76. The molecule has 0 radical (unpaired) electrons. The second kappa shape index (κ2) is 9.46. The van der Waals surface area contributed by atoms with Gasteiger partial charge in [0.2, 0.25) is 0 Å². The molecule has 2 aromatic rings. The number of non-ortho nitro benzene ring substituents is 1. The minimum absolute atomic E-state index is 0.0222. The lowest BCUT2D eigenvalue weighted by molar-refractivity contribution is -0.384. The molecule has 1 atom stereocenters. The largest absolute Gasteiger partial charge is 0.489 e. The van der Waals surface area contributed by atoms with Gasteiger partial charge in [-0.25, -0.2) is 4.79 Å². The molecule has 8 nitrogen and oxygen atoms in total. The smallest absolute Gasteiger partial charge is 0.344 e. The van der Waals surface area contributed by atoms with Gasteiger partial charge in [-0.15, -0.1) is 0 Å². The first-order valence-corrected chi connectivity index (χ1v) is 10.6. The molecule has 0 saturated carbocycles. The molecule has 0 amide bonds. The van der Waals surface area contributed by atoms with E-state index in [1.807, 2.05) is 27.7 Å². The van der Waals surface area contributed by atoms with E-state index in [0.717, 1.165) is 40.8 Å². The molecule has 0 fully saturated rings. The number of nitrogens with zero attached hydrogens (tertiary/aromatic N) is 1. The summed E-state index contributed by atoms with van der Waals surface area (Å²) in [6.07, 6.45) is 1.51. The Kier molecular flexibility index (Phi) is 6.91. The van der Waals surface area contributed by atoms with Crippen molar-refractivity contribution < 1.29 is 28.7 Å². The molecule has 32 heavy (non-hydrogen) atoms. The maximum atomic E-state index is 11.7. The van der Waals surface area contributed by atoms with Crippen LogP contribution in [0, 0.1) is 30.9 Å². The molecule has 0 spiro atoms. The van der Waals surface area contributed by atoms with Gasteiger partial charge in [0.05, 0.1) is 11.5 Å². The van der Waals surface area contributed by atoms with Crippen LogP contribution in [-0.2, 0) is 16.0 Å². The van der Waals surface area contributed by atoms with E-state index in [4.69, 9.17) is 18.9 Å². The Balaban J connectivity index is 1.75. The fourth-order valence-corrected chi connectivity index (χ4v) is 3.83. The van der Waals surface area contributed by atoms with E-state index in [-0.39, 0.29) is 12.3 Å². The van der Waals surface area contributed by atoms with E-state index >= 15 is 0 Å². The van der Waals surface area contributed by atoms with E-state index in [1.165, 1.54) is 12.1 Å². The van der Waals surface area contributed by atoms with Gasteiger partial charge in [-0.1, -0.05) is 0 Å². The van der Waals surface area contributed by atoms with E-state index in [1.54, 1.807) is 19.1 Å². The molecule has 0 N–H and O–H groups in total. The molecule has 1 unspecified atom stereocenters. The molecule has 1 heterocycles. The minimum atomic E-state index is -0.550. The van der Waals surface area contributed by atoms with Crippen molar-refractivity contribution in [2.75, 3.05) is 19.8 Å². The molecule has 0 aromatic heterocycles. The van der Waals surface area contributed by atoms with Crippen molar-refractivity contribution >= 4 is 11.7 Å². The molecule has 3 rings (SSSR count). The first-order chi connectivity index (χ1) is 15.1. The van der Waals surface area contributed by atoms with Crippen LogP contribution in [0.4, 0.5) is 5.69 Å². The first kappa shape index (κ1) is 23.4. The Morgan fingerprint density at radius 2 is 1.81 bits per heavy atom. The van der Waals surface area contributed by atoms with E-state index in [2.05, 4.69) is 0 Å². The Labute approximate surface area is 187 Å². The number of carbonyl (C=O) groups excluding carboxylic acids is 1. The predicted octanol–water partition coefficient (Wildman–Crippen LogP) is 4.62. The molecule has 0 aliphatic carbocycles. The zero-order valence-corrected chi connectivity index (χ0v) is 19.1. The molecule has 8 heteroatoms. The van der Waals surface area contributed by atoms with Crippen LogP contribution < -0.4 is 14.2 Å². The second-order valence-electron chi connectivity index (χ2n) is 8.20. The quantitative estimate of drug-likeness (QED) is 0.333. The van der Waals surface area contributed by atoms with Gasteiger partial charge in [-0.05, 0) is 76.3 Å². The monoisotopic (exact) mass is 443 g/mol. The third kappa shape index (κ3) is 4.95. The van der Waals surface area contributed by atoms with Gasteiger partial charge in [0.1, 0.15) is 29.5 Å². The topological polar surface area (TPSA) is 97.1 Å². The lowest BCUT2D eigenvalue weighted by Gasteiger charge is -2.37. The van der Waals surface area contributed by atoms with Crippen LogP contribution in [0.1, 0.15) is 42.5 Å². The van der Waals surface area contributed by atoms with Crippen LogP contribution in [0.2, 0.25) is 0 Å². The standard InChI is InChI=1S/C24H29NO7/c1-6-29-21(26)13-30-22-15(2)16(3)23-20(17(22)4)11-12-24(5,32-23)14-31-19-9-7-18(8-10-19)25(27)28/h7-10H,6,11-14H2,1-5H3. The van der Waals surface area contributed by atoms with Crippen LogP contribution in [-0.4, -0.2) is 36.3 Å². The van der Waals surface area contributed by atoms with Crippen molar-refractivity contribution in [3.63, 3.8) is 0 Å². The molecule has 0 saturated heterocycles. The maximum Gasteiger partial charge on any atom is 0.344 e. The molecular weight excluding hydrogens is 414 g/mol. The van der Waals surface area contributed by atoms with Crippen molar-refractivity contribution in [2.45, 2.75) is 53.1 Å². The Morgan fingerprint density at radius 1 is 1.12 bits per heavy atom. The second-order valence-corrected chi connectivity index (χ2v) is 8.20. The van der Waals surface area contributed by atoms with Crippen molar-refractivity contribution in [1.29, 1.82) is 0 Å². The van der Waals surface area contributed by atoms with Gasteiger partial charge in [0.25, 0.3) is 5.69 Å². The number of nitro groups is 1. The van der Waals surface area contributed by atoms with Crippen LogP contribution >= 0.6 is 0 Å². The molecule has 1 aliphatic rings. The number of carbonyl (C=O) groups is 1. The SMILES string of the molecule is CCOC(=O)COc1c(C)c(C)c2c(c1C)CCC(C)(COc1ccc([N+](=O)[O-])cc1)O2. The molecular formula is C24H29NO7. The van der Waals surface area contributed by atoms with E-state index < -0.39 is 16.5 Å². The number of nitro benzene ring substituents is 1. The summed E-state index contributed by atoms with van der Waals surface area (Å²) in [4.78, 5) is 22.1. The Hall–Kier alpha value is -3.29.